The van der Waals surface area contributed by atoms with Crippen LogP contribution < -0.4 is 10.8 Å². The van der Waals surface area contributed by atoms with Crippen molar-refractivity contribution in [1.29, 1.82) is 5.26 Å². The predicted octanol–water partition coefficient (Wildman–Crippen LogP) is 3.39. The number of amides is 1. The van der Waals surface area contributed by atoms with Gasteiger partial charge in [0.1, 0.15) is 11.8 Å². The summed E-state index contributed by atoms with van der Waals surface area (Å²) in [5.74, 6) is 2.05. The van der Waals surface area contributed by atoms with E-state index < -0.39 is 5.60 Å². The molecule has 0 radical (unpaired) electrons. The zero-order valence-corrected chi connectivity index (χ0v) is 19.8. The van der Waals surface area contributed by atoms with Crippen LogP contribution in [0.4, 0.5) is 4.79 Å². The van der Waals surface area contributed by atoms with Gasteiger partial charge in [-0.3, -0.25) is 10.2 Å². The van der Waals surface area contributed by atoms with Gasteiger partial charge in [0.05, 0.1) is 12.2 Å². The molecule has 4 fully saturated rings. The molecule has 2 N–H and O–H groups in total. The van der Waals surface area contributed by atoms with E-state index in [-0.39, 0.29) is 24.4 Å². The third-order valence-electron chi connectivity index (χ3n) is 7.73. The van der Waals surface area contributed by atoms with Crippen LogP contribution in [-0.2, 0) is 14.3 Å². The van der Waals surface area contributed by atoms with Gasteiger partial charge >= 0.3 is 6.09 Å². The highest BCUT2D eigenvalue weighted by Gasteiger charge is 2.43. The first-order valence-corrected chi connectivity index (χ1v) is 12.5. The summed E-state index contributed by atoms with van der Waals surface area (Å²) in [6.45, 7) is 8.78. The summed E-state index contributed by atoms with van der Waals surface area (Å²) in [6, 6.07) is 2.59. The number of nitriles is 1. The number of likely N-dealkylation sites (tertiary alicyclic amines) is 1. The molecule has 5 unspecified atom stereocenters. The van der Waals surface area contributed by atoms with Crippen LogP contribution in [0.2, 0.25) is 0 Å². The van der Waals surface area contributed by atoms with E-state index in [9.17, 15) is 10.1 Å². The molecule has 32 heavy (non-hydrogen) atoms. The molecule has 3 aliphatic heterocycles. The zero-order chi connectivity index (χ0) is 22.7. The average molecular weight is 449 g/mol. The fourth-order valence-corrected chi connectivity index (χ4v) is 5.94. The van der Waals surface area contributed by atoms with E-state index in [0.29, 0.717) is 36.8 Å². The van der Waals surface area contributed by atoms with E-state index in [1.165, 1.54) is 0 Å². The third-order valence-corrected chi connectivity index (χ3v) is 7.73. The number of piperidine rings is 1. The largest absolute Gasteiger partial charge is 0.444 e. The molecule has 0 spiro atoms. The van der Waals surface area contributed by atoms with Crippen molar-refractivity contribution in [2.75, 3.05) is 26.3 Å². The lowest BCUT2D eigenvalue weighted by Crippen LogP contribution is -2.49. The lowest BCUT2D eigenvalue weighted by atomic mass is 9.67. The molecule has 1 amide bonds. The summed E-state index contributed by atoms with van der Waals surface area (Å²) in [6.07, 6.45) is 6.92. The number of nitrogens with one attached hydrogen (secondary N) is 2. The van der Waals surface area contributed by atoms with Crippen LogP contribution >= 0.6 is 0 Å². The van der Waals surface area contributed by atoms with Gasteiger partial charge in [-0.1, -0.05) is 0 Å². The molecule has 1 aliphatic carbocycles. The average Bonchev–Trinajstić information content (AvgIpc) is 3.28. The molecule has 8 nitrogen and oxygen atoms in total. The van der Waals surface area contributed by atoms with Crippen molar-refractivity contribution < 1.29 is 19.1 Å². The van der Waals surface area contributed by atoms with Crippen LogP contribution in [0, 0.1) is 40.9 Å². The van der Waals surface area contributed by atoms with Gasteiger partial charge in [-0.25, -0.2) is 4.79 Å². The minimum absolute atomic E-state index is 0.00845. The number of rotatable bonds is 3. The van der Waals surface area contributed by atoms with Crippen molar-refractivity contribution in [2.24, 2.45) is 29.6 Å². The van der Waals surface area contributed by atoms with Crippen molar-refractivity contribution in [3.05, 3.63) is 0 Å². The summed E-state index contributed by atoms with van der Waals surface area (Å²) < 4.78 is 11.1. The molecular formula is C24H40N4O4. The fraction of sp³-hybridized carbons (Fsp3) is 0.917. The number of nitrogens with zero attached hydrogens (tertiary/aromatic N) is 2. The Kier molecular flexibility index (Phi) is 7.61. The first-order valence-electron chi connectivity index (χ1n) is 12.5. The summed E-state index contributed by atoms with van der Waals surface area (Å²) >= 11 is 0. The number of hydrogen-bond donors (Lipinski definition) is 2. The van der Waals surface area contributed by atoms with Crippen molar-refractivity contribution in [2.45, 2.75) is 83.7 Å². The second-order valence-corrected chi connectivity index (χ2v) is 11.0. The number of carbonyl (C=O) groups excluding carboxylic acids is 1. The Labute approximate surface area is 192 Å². The van der Waals surface area contributed by atoms with Gasteiger partial charge in [0.2, 0.25) is 0 Å². The minimum Gasteiger partial charge on any atom is -0.444 e. The second-order valence-electron chi connectivity index (χ2n) is 11.0. The van der Waals surface area contributed by atoms with Crippen LogP contribution in [0.3, 0.4) is 0 Å². The Hall–Kier alpha value is -1.40. The third kappa shape index (κ3) is 5.74. The summed E-state index contributed by atoms with van der Waals surface area (Å²) in [4.78, 5) is 20.2. The highest BCUT2D eigenvalue weighted by molar-refractivity contribution is 5.68. The maximum Gasteiger partial charge on any atom is 0.410 e. The molecule has 0 bridgehead atoms. The van der Waals surface area contributed by atoms with Crippen molar-refractivity contribution >= 4 is 6.09 Å². The topological polar surface area (TPSA) is 95.9 Å². The van der Waals surface area contributed by atoms with Gasteiger partial charge in [-0.15, -0.1) is 0 Å². The van der Waals surface area contributed by atoms with Gasteiger partial charge in [0.25, 0.3) is 0 Å². The fourth-order valence-electron chi connectivity index (χ4n) is 5.94. The lowest BCUT2D eigenvalue weighted by Gasteiger charge is -2.40. The SMILES string of the molecule is CC(C)(C)OC(=O)N1CCC(C2NOC(C3CCC(C#N)C(C4CCOCC4)C3)N2)CC1. The Bertz CT molecular complexity index is 676. The van der Waals surface area contributed by atoms with Gasteiger partial charge in [-0.2, -0.15) is 10.7 Å². The zero-order valence-electron chi connectivity index (χ0n) is 19.8. The van der Waals surface area contributed by atoms with E-state index in [4.69, 9.17) is 14.3 Å². The predicted molar refractivity (Wildman–Crippen MR) is 119 cm³/mol. The normalized spacial score (nSPS) is 35.4. The Morgan fingerprint density at radius 2 is 1.75 bits per heavy atom. The molecule has 4 aliphatic rings. The molecule has 5 atom stereocenters. The molecule has 1 saturated carbocycles. The number of carbonyl (C=O) groups is 1. The first-order chi connectivity index (χ1) is 15.3. The summed E-state index contributed by atoms with van der Waals surface area (Å²) in [5.41, 5.74) is 2.78. The number of ether oxygens (including phenoxy) is 2. The molecule has 180 valence electrons. The van der Waals surface area contributed by atoms with E-state index in [2.05, 4.69) is 16.9 Å². The molecule has 3 heterocycles. The van der Waals surface area contributed by atoms with Crippen molar-refractivity contribution in [3.8, 4) is 6.07 Å². The maximum atomic E-state index is 12.3. The van der Waals surface area contributed by atoms with Gasteiger partial charge in [0.15, 0.2) is 0 Å². The highest BCUT2D eigenvalue weighted by atomic mass is 16.7. The molecular weight excluding hydrogens is 408 g/mol. The van der Waals surface area contributed by atoms with E-state index in [0.717, 1.165) is 58.2 Å². The van der Waals surface area contributed by atoms with Crippen LogP contribution in [0.1, 0.15) is 65.7 Å². The molecule has 8 heteroatoms. The summed E-state index contributed by atoms with van der Waals surface area (Å²) in [7, 11) is 0. The van der Waals surface area contributed by atoms with Gasteiger partial charge in [0, 0.05) is 38.1 Å². The van der Waals surface area contributed by atoms with Gasteiger partial charge in [-0.05, 0) is 83.5 Å². The van der Waals surface area contributed by atoms with Crippen molar-refractivity contribution in [1.82, 2.24) is 15.7 Å². The van der Waals surface area contributed by atoms with Crippen molar-refractivity contribution in [3.63, 3.8) is 0 Å². The van der Waals surface area contributed by atoms with Crippen LogP contribution in [-0.4, -0.2) is 55.3 Å². The smallest absolute Gasteiger partial charge is 0.410 e. The molecule has 0 aromatic heterocycles. The molecule has 0 aromatic rings. The monoisotopic (exact) mass is 448 g/mol. The summed E-state index contributed by atoms with van der Waals surface area (Å²) in [5, 5.41) is 13.4. The quantitative estimate of drug-likeness (QED) is 0.683. The lowest BCUT2D eigenvalue weighted by molar-refractivity contribution is -0.0447. The molecule has 0 aromatic carbocycles. The Morgan fingerprint density at radius 1 is 1.03 bits per heavy atom. The highest BCUT2D eigenvalue weighted by Crippen LogP contribution is 2.43. The standard InChI is InChI=1S/C24H40N4O4/c1-24(2,3)31-23(29)28-10-6-17(7-11-28)21-26-22(32-27-21)18-4-5-19(15-25)20(14-18)16-8-12-30-13-9-16/h16-22,26-27H,4-14H2,1-3H3. The molecule has 4 rings (SSSR count). The molecule has 3 saturated heterocycles. The second kappa shape index (κ2) is 10.3. The van der Waals surface area contributed by atoms with Crippen LogP contribution in [0.15, 0.2) is 0 Å². The van der Waals surface area contributed by atoms with Gasteiger partial charge < -0.3 is 14.4 Å². The van der Waals surface area contributed by atoms with Crippen LogP contribution in [0.25, 0.3) is 0 Å². The Morgan fingerprint density at radius 3 is 2.41 bits per heavy atom. The number of hydrogen-bond acceptors (Lipinski definition) is 7. The van der Waals surface area contributed by atoms with E-state index in [1.807, 2.05) is 25.7 Å². The van der Waals surface area contributed by atoms with Crippen LogP contribution in [0.5, 0.6) is 0 Å². The first kappa shape index (κ1) is 23.7. The van der Waals surface area contributed by atoms with E-state index in [1.54, 1.807) is 0 Å². The Balaban J connectivity index is 1.26. The van der Waals surface area contributed by atoms with E-state index >= 15 is 0 Å². The number of hydroxylamine groups is 1. The minimum atomic E-state index is -0.462. The maximum absolute atomic E-state index is 12.3.